The number of hydrogen-bond donors (Lipinski definition) is 1. The predicted octanol–water partition coefficient (Wildman–Crippen LogP) is 3.40. The number of para-hydroxylation sites is 1. The van der Waals surface area contributed by atoms with E-state index in [2.05, 4.69) is 35.3 Å². The molecule has 3 rings (SSSR count). The number of methoxy groups -OCH3 is 1. The Bertz CT molecular complexity index is 910. The fourth-order valence-corrected chi connectivity index (χ4v) is 3.97. The molecule has 6 heteroatoms. The number of amides is 1. The highest BCUT2D eigenvalue weighted by molar-refractivity contribution is 5.95. The maximum atomic E-state index is 12.9. The lowest BCUT2D eigenvalue weighted by atomic mass is 10.1. The molecular formula is C22H28N4O2. The number of nitriles is 1. The van der Waals surface area contributed by atoms with Crippen LogP contribution < -0.4 is 10.2 Å². The number of carbonyl (C=O) groups is 1. The van der Waals surface area contributed by atoms with Gasteiger partial charge < -0.3 is 19.5 Å². The van der Waals surface area contributed by atoms with Crippen LogP contribution in [0, 0.1) is 25.2 Å². The number of aromatic nitrogens is 1. The SMILES string of the molecule is COCCCn1c(C)c(C)c(C#N)c1NC(=O)CN1c2ccccc2C[C@H]1C. The molecule has 0 saturated carbocycles. The van der Waals surface area contributed by atoms with Gasteiger partial charge in [0.15, 0.2) is 0 Å². The summed E-state index contributed by atoms with van der Waals surface area (Å²) in [6.45, 7) is 7.64. The van der Waals surface area contributed by atoms with Crippen LogP contribution in [-0.2, 0) is 22.5 Å². The third-order valence-corrected chi connectivity index (χ3v) is 5.59. The zero-order chi connectivity index (χ0) is 20.3. The topological polar surface area (TPSA) is 70.3 Å². The van der Waals surface area contributed by atoms with E-state index in [1.165, 1.54) is 5.56 Å². The summed E-state index contributed by atoms with van der Waals surface area (Å²) in [6, 6.07) is 10.8. The van der Waals surface area contributed by atoms with Gasteiger partial charge in [0.25, 0.3) is 0 Å². The van der Waals surface area contributed by atoms with Crippen LogP contribution in [0.3, 0.4) is 0 Å². The van der Waals surface area contributed by atoms with Crippen molar-refractivity contribution in [2.45, 2.75) is 46.2 Å². The van der Waals surface area contributed by atoms with Gasteiger partial charge in [-0.15, -0.1) is 0 Å². The molecule has 6 nitrogen and oxygen atoms in total. The molecule has 0 saturated heterocycles. The van der Waals surface area contributed by atoms with Crippen LogP contribution in [0.2, 0.25) is 0 Å². The van der Waals surface area contributed by atoms with Crippen LogP contribution in [0.5, 0.6) is 0 Å². The van der Waals surface area contributed by atoms with Gasteiger partial charge in [-0.05, 0) is 50.8 Å². The molecule has 1 aliphatic rings. The highest BCUT2D eigenvalue weighted by Gasteiger charge is 2.28. The Morgan fingerprint density at radius 1 is 1.36 bits per heavy atom. The molecule has 1 aromatic carbocycles. The van der Waals surface area contributed by atoms with Gasteiger partial charge in [0.05, 0.1) is 12.1 Å². The van der Waals surface area contributed by atoms with Crippen molar-refractivity contribution in [1.29, 1.82) is 5.26 Å². The fraction of sp³-hybridized carbons (Fsp3) is 0.455. The Labute approximate surface area is 166 Å². The number of benzene rings is 1. The molecule has 1 amide bonds. The molecule has 1 atom stereocenters. The van der Waals surface area contributed by atoms with Gasteiger partial charge in [-0.3, -0.25) is 4.79 Å². The molecule has 1 N–H and O–H groups in total. The maximum absolute atomic E-state index is 12.9. The van der Waals surface area contributed by atoms with Gasteiger partial charge in [0.2, 0.25) is 5.91 Å². The summed E-state index contributed by atoms with van der Waals surface area (Å²) in [5, 5.41) is 12.6. The lowest BCUT2D eigenvalue weighted by Crippen LogP contribution is -2.37. The minimum atomic E-state index is -0.106. The molecule has 28 heavy (non-hydrogen) atoms. The average Bonchev–Trinajstić information content (AvgIpc) is 3.10. The molecule has 0 fully saturated rings. The number of nitrogens with zero attached hydrogens (tertiary/aromatic N) is 3. The Morgan fingerprint density at radius 2 is 2.11 bits per heavy atom. The smallest absolute Gasteiger partial charge is 0.245 e. The third-order valence-electron chi connectivity index (χ3n) is 5.59. The number of rotatable bonds is 7. The Hall–Kier alpha value is -2.78. The van der Waals surface area contributed by atoms with Crippen molar-refractivity contribution in [1.82, 2.24) is 4.57 Å². The number of carbonyl (C=O) groups excluding carboxylic acids is 1. The van der Waals surface area contributed by atoms with Crippen LogP contribution in [0.4, 0.5) is 11.5 Å². The van der Waals surface area contributed by atoms with Gasteiger partial charge in [-0.1, -0.05) is 18.2 Å². The van der Waals surface area contributed by atoms with E-state index < -0.39 is 0 Å². The van der Waals surface area contributed by atoms with Crippen molar-refractivity contribution in [3.05, 3.63) is 46.6 Å². The summed E-state index contributed by atoms with van der Waals surface area (Å²) in [4.78, 5) is 15.0. The van der Waals surface area contributed by atoms with Gasteiger partial charge in [-0.25, -0.2) is 0 Å². The molecule has 2 aromatic rings. The van der Waals surface area contributed by atoms with Crippen LogP contribution in [-0.4, -0.2) is 36.8 Å². The standard InChI is InChI=1S/C22H28N4O2/c1-15-12-18-8-5-6-9-20(18)26(15)14-21(27)24-22-19(13-23)16(2)17(3)25(22)10-7-11-28-4/h5-6,8-9,15H,7,10-12,14H2,1-4H3,(H,24,27)/t15-/m1/s1. The van der Waals surface area contributed by atoms with E-state index in [0.717, 1.165) is 29.8 Å². The predicted molar refractivity (Wildman–Crippen MR) is 111 cm³/mol. The van der Waals surface area contributed by atoms with E-state index in [9.17, 15) is 10.1 Å². The molecule has 0 aliphatic carbocycles. The molecule has 0 spiro atoms. The Balaban J connectivity index is 1.80. The lowest BCUT2D eigenvalue weighted by molar-refractivity contribution is -0.115. The molecule has 148 valence electrons. The zero-order valence-corrected chi connectivity index (χ0v) is 17.1. The van der Waals surface area contributed by atoms with Crippen LogP contribution in [0.1, 0.15) is 35.7 Å². The first-order valence-corrected chi connectivity index (χ1v) is 9.71. The second-order valence-corrected chi connectivity index (χ2v) is 7.40. The van der Waals surface area contributed by atoms with E-state index in [1.54, 1.807) is 7.11 Å². The first-order chi connectivity index (χ1) is 13.5. The summed E-state index contributed by atoms with van der Waals surface area (Å²) in [7, 11) is 1.67. The third kappa shape index (κ3) is 3.76. The second-order valence-electron chi connectivity index (χ2n) is 7.40. The lowest BCUT2D eigenvalue weighted by Gasteiger charge is -2.24. The summed E-state index contributed by atoms with van der Waals surface area (Å²) < 4.78 is 7.17. The van der Waals surface area contributed by atoms with E-state index in [-0.39, 0.29) is 18.5 Å². The minimum absolute atomic E-state index is 0.106. The molecule has 2 heterocycles. The largest absolute Gasteiger partial charge is 0.385 e. The highest BCUT2D eigenvalue weighted by Crippen LogP contribution is 2.32. The summed E-state index contributed by atoms with van der Waals surface area (Å²) >= 11 is 0. The van der Waals surface area contributed by atoms with E-state index in [4.69, 9.17) is 4.74 Å². The quantitative estimate of drug-likeness (QED) is 0.748. The van der Waals surface area contributed by atoms with Crippen molar-refractivity contribution >= 4 is 17.4 Å². The Morgan fingerprint density at radius 3 is 2.82 bits per heavy atom. The summed E-state index contributed by atoms with van der Waals surface area (Å²) in [6.07, 6.45) is 1.76. The molecule has 0 radical (unpaired) electrons. The molecule has 0 unspecified atom stereocenters. The van der Waals surface area contributed by atoms with Gasteiger partial charge in [-0.2, -0.15) is 5.26 Å². The van der Waals surface area contributed by atoms with Crippen molar-refractivity contribution < 1.29 is 9.53 Å². The second kappa shape index (κ2) is 8.49. The zero-order valence-electron chi connectivity index (χ0n) is 17.1. The summed E-state index contributed by atoms with van der Waals surface area (Å²) in [5.41, 5.74) is 4.85. The van der Waals surface area contributed by atoms with Crippen molar-refractivity contribution in [3.8, 4) is 6.07 Å². The average molecular weight is 380 g/mol. The van der Waals surface area contributed by atoms with Crippen molar-refractivity contribution in [3.63, 3.8) is 0 Å². The van der Waals surface area contributed by atoms with Crippen LogP contribution >= 0.6 is 0 Å². The van der Waals surface area contributed by atoms with Gasteiger partial charge in [0.1, 0.15) is 11.9 Å². The number of fused-ring (bicyclic) bond motifs is 1. The molecular weight excluding hydrogens is 352 g/mol. The molecule has 0 bridgehead atoms. The minimum Gasteiger partial charge on any atom is -0.385 e. The van der Waals surface area contributed by atoms with Crippen molar-refractivity contribution in [2.24, 2.45) is 0 Å². The molecule has 1 aromatic heterocycles. The van der Waals surface area contributed by atoms with Crippen LogP contribution in [0.25, 0.3) is 0 Å². The number of hydrogen-bond acceptors (Lipinski definition) is 4. The summed E-state index contributed by atoms with van der Waals surface area (Å²) in [5.74, 6) is 0.490. The number of ether oxygens (including phenoxy) is 1. The number of nitrogens with one attached hydrogen (secondary N) is 1. The molecule has 1 aliphatic heterocycles. The van der Waals surface area contributed by atoms with E-state index in [0.29, 0.717) is 24.5 Å². The fourth-order valence-electron chi connectivity index (χ4n) is 3.97. The highest BCUT2D eigenvalue weighted by atomic mass is 16.5. The van der Waals surface area contributed by atoms with Crippen LogP contribution in [0.15, 0.2) is 24.3 Å². The van der Waals surface area contributed by atoms with E-state index in [1.807, 2.05) is 30.5 Å². The van der Waals surface area contributed by atoms with Crippen molar-refractivity contribution in [2.75, 3.05) is 30.5 Å². The first kappa shape index (κ1) is 20.0. The normalized spacial score (nSPS) is 15.4. The monoisotopic (exact) mass is 380 g/mol. The van der Waals surface area contributed by atoms with Gasteiger partial charge >= 0.3 is 0 Å². The maximum Gasteiger partial charge on any atom is 0.245 e. The number of anilines is 2. The van der Waals surface area contributed by atoms with Gasteiger partial charge in [0, 0.05) is 37.7 Å². The first-order valence-electron chi connectivity index (χ1n) is 9.71. The van der Waals surface area contributed by atoms with E-state index >= 15 is 0 Å². The Kier molecular flexibility index (Phi) is 6.05.